The summed E-state index contributed by atoms with van der Waals surface area (Å²) < 4.78 is 0. The van der Waals surface area contributed by atoms with Gasteiger partial charge in [0.1, 0.15) is 0 Å². The Kier molecular flexibility index (Phi) is 14.7. The first kappa shape index (κ1) is 24.6. The van der Waals surface area contributed by atoms with Crippen LogP contribution in [0.15, 0.2) is 84.9 Å². The summed E-state index contributed by atoms with van der Waals surface area (Å²) >= 11 is 0. The van der Waals surface area contributed by atoms with Crippen molar-refractivity contribution >= 4 is 31.8 Å². The Balaban J connectivity index is 0. The van der Waals surface area contributed by atoms with E-state index in [1.807, 2.05) is 16.8 Å². The molecule has 0 fully saturated rings. The van der Waals surface area contributed by atoms with Gasteiger partial charge in [-0.15, -0.1) is 59.3 Å². The van der Waals surface area contributed by atoms with Gasteiger partial charge in [0.25, 0.3) is 0 Å². The van der Waals surface area contributed by atoms with Crippen LogP contribution in [0, 0.1) is 0 Å². The van der Waals surface area contributed by atoms with Crippen molar-refractivity contribution in [2.75, 3.05) is 0 Å². The number of fused-ring (bicyclic) bond motifs is 2. The second-order valence-corrected chi connectivity index (χ2v) is 4.31. The SMILES string of the molecule is C[SiH2].[Cl-].[Cl-].[Zr+4].c1ccc2[cH-]ccc2c1.c1ccc2[cH-]ccc2c1. The normalized spacial score (nSPS) is 8.26. The Bertz CT molecular complexity index is 635. The third kappa shape index (κ3) is 7.18. The van der Waals surface area contributed by atoms with Gasteiger partial charge < -0.3 is 24.8 Å². The Morgan fingerprint density at radius 2 is 0.957 bits per heavy atom. The van der Waals surface area contributed by atoms with Gasteiger partial charge in [-0.05, 0) is 0 Å². The minimum absolute atomic E-state index is 0. The van der Waals surface area contributed by atoms with Crippen molar-refractivity contribution in [2.24, 2.45) is 0 Å². The van der Waals surface area contributed by atoms with Crippen LogP contribution in [0.25, 0.3) is 21.5 Å². The van der Waals surface area contributed by atoms with Crippen molar-refractivity contribution in [1.29, 1.82) is 0 Å². The summed E-state index contributed by atoms with van der Waals surface area (Å²) in [6, 6.07) is 29.3. The van der Waals surface area contributed by atoms with Gasteiger partial charge in [-0.2, -0.15) is 35.0 Å². The largest absolute Gasteiger partial charge is 4.00 e. The second-order valence-electron chi connectivity index (χ2n) is 4.31. The van der Waals surface area contributed by atoms with Crippen LogP contribution in [0.5, 0.6) is 0 Å². The zero-order valence-electron chi connectivity index (χ0n) is 13.0. The van der Waals surface area contributed by atoms with E-state index in [-0.39, 0.29) is 51.0 Å². The van der Waals surface area contributed by atoms with E-state index in [0.717, 1.165) is 0 Å². The van der Waals surface area contributed by atoms with E-state index in [9.17, 15) is 0 Å². The zero-order valence-corrected chi connectivity index (χ0v) is 18.4. The monoisotopic (exact) mass is 435 g/mol. The number of halogens is 2. The number of hydrogen-bond donors (Lipinski definition) is 0. The minimum Gasteiger partial charge on any atom is -1.00 e. The summed E-state index contributed by atoms with van der Waals surface area (Å²) in [6.45, 7) is 2.03. The van der Waals surface area contributed by atoms with Gasteiger partial charge in [0.05, 0.1) is 0 Å². The van der Waals surface area contributed by atoms with Gasteiger partial charge in [0.2, 0.25) is 0 Å². The average Bonchev–Trinajstić information content (AvgIpc) is 3.18. The molecule has 0 aliphatic carbocycles. The molecule has 4 heteroatoms. The van der Waals surface area contributed by atoms with Crippen molar-refractivity contribution < 1.29 is 51.0 Å². The predicted molar refractivity (Wildman–Crippen MR) is 93.5 cm³/mol. The van der Waals surface area contributed by atoms with E-state index in [4.69, 9.17) is 0 Å². The molecule has 117 valence electrons. The van der Waals surface area contributed by atoms with Crippen molar-refractivity contribution in [2.45, 2.75) is 6.55 Å². The van der Waals surface area contributed by atoms with Crippen LogP contribution in [0.3, 0.4) is 0 Å². The summed E-state index contributed by atoms with van der Waals surface area (Å²) in [5.41, 5.74) is 0. The molecule has 4 aromatic rings. The van der Waals surface area contributed by atoms with Gasteiger partial charge in [-0.1, -0.05) is 18.7 Å². The molecular formula is C19H19Cl2SiZr. The zero-order chi connectivity index (χ0) is 14.2. The molecule has 0 aromatic heterocycles. The summed E-state index contributed by atoms with van der Waals surface area (Å²) in [6.07, 6.45) is 0. The third-order valence-electron chi connectivity index (χ3n) is 3.10. The summed E-state index contributed by atoms with van der Waals surface area (Å²) in [4.78, 5) is 0. The summed E-state index contributed by atoms with van der Waals surface area (Å²) in [5.74, 6) is 0. The van der Waals surface area contributed by atoms with Gasteiger partial charge >= 0.3 is 26.2 Å². The van der Waals surface area contributed by atoms with Crippen LogP contribution in [-0.2, 0) is 26.2 Å². The van der Waals surface area contributed by atoms with Crippen LogP contribution in [0.1, 0.15) is 0 Å². The molecule has 0 saturated heterocycles. The molecule has 0 atom stereocenters. The van der Waals surface area contributed by atoms with Gasteiger partial charge in [0, 0.05) is 10.2 Å². The molecule has 0 bridgehead atoms. The molecule has 0 spiro atoms. The fourth-order valence-corrected chi connectivity index (χ4v) is 2.14. The van der Waals surface area contributed by atoms with Crippen molar-refractivity contribution in [3.63, 3.8) is 0 Å². The first-order chi connectivity index (χ1) is 9.93. The third-order valence-corrected chi connectivity index (χ3v) is 3.10. The number of benzene rings is 2. The van der Waals surface area contributed by atoms with Gasteiger partial charge in [0.15, 0.2) is 0 Å². The van der Waals surface area contributed by atoms with Crippen LogP contribution in [-0.4, -0.2) is 10.2 Å². The Labute approximate surface area is 173 Å². The molecule has 0 aliphatic heterocycles. The van der Waals surface area contributed by atoms with E-state index in [1.54, 1.807) is 0 Å². The molecule has 0 amide bonds. The van der Waals surface area contributed by atoms with Crippen LogP contribution < -0.4 is 24.8 Å². The van der Waals surface area contributed by atoms with Gasteiger partial charge in [-0.25, -0.2) is 0 Å². The molecule has 0 N–H and O–H groups in total. The molecule has 0 saturated carbocycles. The maximum Gasteiger partial charge on any atom is 4.00 e. The molecule has 0 nitrogen and oxygen atoms in total. The van der Waals surface area contributed by atoms with Crippen LogP contribution in [0.2, 0.25) is 6.55 Å². The molecular weight excluding hydrogens is 418 g/mol. The molecule has 4 aromatic carbocycles. The number of hydrogen-bond acceptors (Lipinski definition) is 0. The Morgan fingerprint density at radius 1 is 0.609 bits per heavy atom. The maximum atomic E-state index is 2.12. The summed E-state index contributed by atoms with van der Waals surface area (Å²) in [7, 11) is 1.86. The van der Waals surface area contributed by atoms with E-state index in [2.05, 4.69) is 84.9 Å². The van der Waals surface area contributed by atoms with E-state index in [0.29, 0.717) is 0 Å². The molecule has 0 heterocycles. The minimum atomic E-state index is 0. The molecule has 0 aliphatic rings. The molecule has 23 heavy (non-hydrogen) atoms. The van der Waals surface area contributed by atoms with Crippen molar-refractivity contribution in [1.82, 2.24) is 0 Å². The fourth-order valence-electron chi connectivity index (χ4n) is 2.14. The van der Waals surface area contributed by atoms with Crippen LogP contribution >= 0.6 is 0 Å². The summed E-state index contributed by atoms with van der Waals surface area (Å²) in [5, 5.41) is 5.32. The number of rotatable bonds is 0. The average molecular weight is 438 g/mol. The molecule has 1 radical (unpaired) electrons. The fraction of sp³-hybridized carbons (Fsp3) is 0.0526. The maximum absolute atomic E-state index is 2.12. The molecule has 4 rings (SSSR count). The van der Waals surface area contributed by atoms with Crippen molar-refractivity contribution in [3.05, 3.63) is 84.9 Å². The molecule has 0 unspecified atom stereocenters. The first-order valence-corrected chi connectivity index (χ1v) is 8.26. The van der Waals surface area contributed by atoms with Crippen LogP contribution in [0.4, 0.5) is 0 Å². The second kappa shape index (κ2) is 13.7. The van der Waals surface area contributed by atoms with E-state index in [1.165, 1.54) is 21.5 Å². The van der Waals surface area contributed by atoms with Gasteiger partial charge in [-0.3, -0.25) is 0 Å². The Morgan fingerprint density at radius 3 is 1.30 bits per heavy atom. The van der Waals surface area contributed by atoms with E-state index < -0.39 is 0 Å². The quantitative estimate of drug-likeness (QED) is 0.239. The van der Waals surface area contributed by atoms with E-state index >= 15 is 0 Å². The van der Waals surface area contributed by atoms with Crippen molar-refractivity contribution in [3.8, 4) is 0 Å². The smallest absolute Gasteiger partial charge is 1.00 e. The first-order valence-electron chi connectivity index (χ1n) is 6.85. The standard InChI is InChI=1S/2C9H7.CH5Si.2ClH.Zr/c2*1-2-5-9-7-3-6-8(9)4-1;1-2;;;/h2*1-7H;2H2,1H3;2*1H;/q2*-1;;;;+4/p-2. The Hall–Kier alpha value is -0.660. The topological polar surface area (TPSA) is 0 Å². The predicted octanol–water partition coefficient (Wildman–Crippen LogP) is -1.21.